The van der Waals surface area contributed by atoms with E-state index in [0.29, 0.717) is 24.9 Å². The molecule has 33 heavy (non-hydrogen) atoms. The van der Waals surface area contributed by atoms with Crippen molar-refractivity contribution >= 4 is 28.5 Å². The summed E-state index contributed by atoms with van der Waals surface area (Å²) in [5, 5.41) is 16.4. The molecule has 0 saturated carbocycles. The smallest absolute Gasteiger partial charge is 0.273 e. The Bertz CT molecular complexity index is 1150. The second-order valence-electron chi connectivity index (χ2n) is 7.74. The molecule has 0 aliphatic heterocycles. The molecule has 3 rings (SSSR count). The second kappa shape index (κ2) is 10.8. The third-order valence-electron chi connectivity index (χ3n) is 4.79. The van der Waals surface area contributed by atoms with Crippen LogP contribution in [0.5, 0.6) is 5.75 Å². The molecule has 0 fully saturated rings. The summed E-state index contributed by atoms with van der Waals surface area (Å²) in [4.78, 5) is 35.3. The zero-order valence-electron chi connectivity index (χ0n) is 18.7. The van der Waals surface area contributed by atoms with Crippen LogP contribution in [-0.4, -0.2) is 72.7 Å². The van der Waals surface area contributed by atoms with Crippen LogP contribution in [0.4, 0.5) is 10.2 Å². The number of anilines is 1. The third kappa shape index (κ3) is 6.21. The zero-order chi connectivity index (χ0) is 24.0. The molecule has 0 spiro atoms. The molecule has 0 saturated heterocycles. The lowest BCUT2D eigenvalue weighted by atomic mass is 10.0. The molecule has 0 unspecified atom stereocenters. The fourth-order valence-corrected chi connectivity index (χ4v) is 3.18. The number of hydrogen-bond donors (Lipinski definition) is 3. The van der Waals surface area contributed by atoms with Gasteiger partial charge < -0.3 is 25.4 Å². The average Bonchev–Trinajstić information content (AvgIpc) is 2.77. The van der Waals surface area contributed by atoms with E-state index in [1.54, 1.807) is 24.4 Å². The minimum atomic E-state index is -0.587. The zero-order valence-corrected chi connectivity index (χ0v) is 18.7. The Hall–Kier alpha value is -3.63. The van der Waals surface area contributed by atoms with Gasteiger partial charge in [-0.3, -0.25) is 14.6 Å². The van der Waals surface area contributed by atoms with Crippen LogP contribution in [0.25, 0.3) is 10.9 Å². The SMILES string of the molecule is COCC(=O)Nc1nc(C(=O)NCCN(C)C)c(O)c2ncc(Cc3ccc(F)cc3)cc12. The van der Waals surface area contributed by atoms with Crippen molar-refractivity contribution in [1.29, 1.82) is 0 Å². The topological polar surface area (TPSA) is 117 Å². The number of carbonyl (C=O) groups excluding carboxylic acids is 2. The maximum absolute atomic E-state index is 13.2. The quantitative estimate of drug-likeness (QED) is 0.451. The number of pyridine rings is 2. The highest BCUT2D eigenvalue weighted by molar-refractivity contribution is 6.07. The highest BCUT2D eigenvalue weighted by Gasteiger charge is 2.21. The van der Waals surface area contributed by atoms with E-state index in [0.717, 1.165) is 11.1 Å². The number of likely N-dealkylation sites (N-methyl/N-ethyl adjacent to an activating group) is 1. The van der Waals surface area contributed by atoms with Crippen molar-refractivity contribution in [2.24, 2.45) is 0 Å². The van der Waals surface area contributed by atoms with Crippen LogP contribution in [-0.2, 0) is 16.0 Å². The van der Waals surface area contributed by atoms with E-state index >= 15 is 0 Å². The summed E-state index contributed by atoms with van der Waals surface area (Å²) in [5.41, 5.74) is 1.49. The number of ether oxygens (including phenoxy) is 1. The van der Waals surface area contributed by atoms with Gasteiger partial charge in [0.1, 0.15) is 23.8 Å². The van der Waals surface area contributed by atoms with Gasteiger partial charge in [0.25, 0.3) is 11.8 Å². The highest BCUT2D eigenvalue weighted by Crippen LogP contribution is 2.32. The Balaban J connectivity index is 2.00. The Morgan fingerprint density at radius 2 is 1.91 bits per heavy atom. The van der Waals surface area contributed by atoms with E-state index in [-0.39, 0.29) is 35.2 Å². The summed E-state index contributed by atoms with van der Waals surface area (Å²) < 4.78 is 18.1. The number of aromatic nitrogens is 2. The van der Waals surface area contributed by atoms with Crippen LogP contribution < -0.4 is 10.6 Å². The largest absolute Gasteiger partial charge is 0.504 e. The van der Waals surface area contributed by atoms with Gasteiger partial charge in [-0.2, -0.15) is 0 Å². The lowest BCUT2D eigenvalue weighted by Crippen LogP contribution is -2.32. The number of hydrogen-bond acceptors (Lipinski definition) is 7. The van der Waals surface area contributed by atoms with E-state index in [1.165, 1.54) is 19.2 Å². The number of halogens is 1. The van der Waals surface area contributed by atoms with Crippen LogP contribution in [0.3, 0.4) is 0 Å². The van der Waals surface area contributed by atoms with Crippen LogP contribution in [0, 0.1) is 5.82 Å². The predicted octanol–water partition coefficient (Wildman–Crippen LogP) is 1.94. The summed E-state index contributed by atoms with van der Waals surface area (Å²) >= 11 is 0. The molecule has 3 aromatic rings. The molecular weight excluding hydrogens is 429 g/mol. The van der Waals surface area contributed by atoms with Gasteiger partial charge in [0, 0.05) is 31.8 Å². The van der Waals surface area contributed by atoms with Crippen LogP contribution >= 0.6 is 0 Å². The molecule has 9 nitrogen and oxygen atoms in total. The van der Waals surface area contributed by atoms with Gasteiger partial charge in [-0.15, -0.1) is 0 Å². The fraction of sp³-hybridized carbons (Fsp3) is 0.304. The standard InChI is InChI=1S/C23H26FN5O4/c1-29(2)9-8-25-23(32)20-21(31)19-17(22(28-20)27-18(30)13-33-3)11-15(12-26-19)10-14-4-6-16(24)7-5-14/h4-7,11-12,31H,8-10,13H2,1-3H3,(H,25,32)(H,27,28,30). The monoisotopic (exact) mass is 455 g/mol. The van der Waals surface area contributed by atoms with E-state index < -0.39 is 11.8 Å². The van der Waals surface area contributed by atoms with E-state index in [1.807, 2.05) is 19.0 Å². The number of aromatic hydroxyl groups is 1. The number of carbonyl (C=O) groups is 2. The van der Waals surface area contributed by atoms with Gasteiger partial charge in [0.15, 0.2) is 11.4 Å². The third-order valence-corrected chi connectivity index (χ3v) is 4.79. The highest BCUT2D eigenvalue weighted by atomic mass is 19.1. The Morgan fingerprint density at radius 1 is 1.18 bits per heavy atom. The number of rotatable bonds is 9. The molecule has 0 bridgehead atoms. The summed E-state index contributed by atoms with van der Waals surface area (Å²) in [7, 11) is 5.12. The minimum Gasteiger partial charge on any atom is -0.504 e. The molecule has 2 amide bonds. The second-order valence-corrected chi connectivity index (χ2v) is 7.74. The molecule has 0 radical (unpaired) electrons. The molecule has 0 atom stereocenters. The maximum Gasteiger partial charge on any atom is 0.273 e. The molecular formula is C23H26FN5O4. The van der Waals surface area contributed by atoms with Crippen LogP contribution in [0.1, 0.15) is 21.6 Å². The number of amides is 2. The fourth-order valence-electron chi connectivity index (χ4n) is 3.18. The lowest BCUT2D eigenvalue weighted by Gasteiger charge is -2.14. The Labute approximate surface area is 190 Å². The van der Waals surface area contributed by atoms with Gasteiger partial charge in [-0.25, -0.2) is 9.37 Å². The molecule has 0 aliphatic carbocycles. The van der Waals surface area contributed by atoms with Crippen molar-refractivity contribution in [2.75, 3.05) is 46.2 Å². The van der Waals surface area contributed by atoms with Crippen molar-refractivity contribution in [3.05, 3.63) is 59.2 Å². The average molecular weight is 455 g/mol. The number of benzene rings is 1. The van der Waals surface area contributed by atoms with Gasteiger partial charge in [-0.1, -0.05) is 12.1 Å². The van der Waals surface area contributed by atoms with Crippen molar-refractivity contribution in [2.45, 2.75) is 6.42 Å². The van der Waals surface area contributed by atoms with Gasteiger partial charge in [0.05, 0.1) is 0 Å². The molecule has 2 aromatic heterocycles. The minimum absolute atomic E-state index is 0.0797. The first-order chi connectivity index (χ1) is 15.8. The molecule has 3 N–H and O–H groups in total. The van der Waals surface area contributed by atoms with Crippen molar-refractivity contribution in [3.63, 3.8) is 0 Å². The summed E-state index contributed by atoms with van der Waals surface area (Å²) in [6.45, 7) is 0.736. The first-order valence-electron chi connectivity index (χ1n) is 10.3. The van der Waals surface area contributed by atoms with E-state index in [2.05, 4.69) is 20.6 Å². The van der Waals surface area contributed by atoms with Gasteiger partial charge in [-0.05, 0) is 49.8 Å². The Kier molecular flexibility index (Phi) is 7.86. The van der Waals surface area contributed by atoms with Gasteiger partial charge in [0.2, 0.25) is 0 Å². The molecule has 0 aliphatic rings. The summed E-state index contributed by atoms with van der Waals surface area (Å²) in [6, 6.07) is 7.79. The van der Waals surface area contributed by atoms with E-state index in [9.17, 15) is 19.1 Å². The molecule has 1 aromatic carbocycles. The van der Waals surface area contributed by atoms with Crippen molar-refractivity contribution in [1.82, 2.24) is 20.2 Å². The number of methoxy groups -OCH3 is 1. The number of nitrogens with one attached hydrogen (secondary N) is 2. The molecule has 10 heteroatoms. The van der Waals surface area contributed by atoms with Crippen molar-refractivity contribution < 1.29 is 23.8 Å². The summed E-state index contributed by atoms with van der Waals surface area (Å²) in [6.07, 6.45) is 2.00. The maximum atomic E-state index is 13.2. The van der Waals surface area contributed by atoms with Gasteiger partial charge >= 0.3 is 0 Å². The normalized spacial score (nSPS) is 11.1. The number of fused-ring (bicyclic) bond motifs is 1. The molecule has 2 heterocycles. The van der Waals surface area contributed by atoms with E-state index in [4.69, 9.17) is 4.74 Å². The van der Waals surface area contributed by atoms with Crippen molar-refractivity contribution in [3.8, 4) is 5.75 Å². The summed E-state index contributed by atoms with van der Waals surface area (Å²) in [5.74, 6) is -1.69. The first-order valence-corrected chi connectivity index (χ1v) is 10.3. The number of nitrogens with zero attached hydrogens (tertiary/aromatic N) is 3. The Morgan fingerprint density at radius 3 is 2.58 bits per heavy atom. The lowest BCUT2D eigenvalue weighted by molar-refractivity contribution is -0.119. The van der Waals surface area contributed by atoms with Crippen LogP contribution in [0.2, 0.25) is 0 Å². The van der Waals surface area contributed by atoms with Crippen LogP contribution in [0.15, 0.2) is 36.5 Å². The molecule has 174 valence electrons. The predicted molar refractivity (Wildman–Crippen MR) is 122 cm³/mol. The first kappa shape index (κ1) is 24.0.